The van der Waals surface area contributed by atoms with E-state index in [4.69, 9.17) is 9.47 Å². The molecule has 5 rings (SSSR count). The van der Waals surface area contributed by atoms with Crippen molar-refractivity contribution in [2.45, 2.75) is 109 Å². The normalized spacial score (nSPS) is 29.5. The highest BCUT2D eigenvalue weighted by Gasteiger charge is 2.52. The van der Waals surface area contributed by atoms with Gasteiger partial charge >= 0.3 is 0 Å². The number of ether oxygens (including phenoxy) is 2. The maximum atomic E-state index is 6.17. The molecule has 0 aromatic heterocycles. The minimum absolute atomic E-state index is 0.358. The minimum atomic E-state index is -1.43. The summed E-state index contributed by atoms with van der Waals surface area (Å²) in [6, 6.07) is 8.75. The standard InChI is InChI=1S/C28H46O2Si/c1-5-6-7-8-9-10-13-31(3,4)25-11-12-27(30-21-29-2)26(17-25)28-18-22-14-23(19-28)16-24(15-22)20-28/h11-12,17,22-24H,5-10,13-16,18-21H2,1-4H3. The molecule has 4 aliphatic rings. The van der Waals surface area contributed by atoms with Gasteiger partial charge in [0, 0.05) is 12.7 Å². The topological polar surface area (TPSA) is 18.5 Å². The molecule has 4 fully saturated rings. The van der Waals surface area contributed by atoms with Crippen molar-refractivity contribution in [1.82, 2.24) is 0 Å². The first-order valence-corrected chi connectivity index (χ1v) is 16.4. The molecule has 0 heterocycles. The van der Waals surface area contributed by atoms with Crippen LogP contribution in [0.3, 0.4) is 0 Å². The third-order valence-electron chi connectivity index (χ3n) is 8.86. The zero-order valence-electron chi connectivity index (χ0n) is 20.7. The quantitative estimate of drug-likeness (QED) is 0.190. The number of unbranched alkanes of at least 4 members (excludes halogenated alkanes) is 5. The van der Waals surface area contributed by atoms with Crippen molar-refractivity contribution in [3.8, 4) is 5.75 Å². The van der Waals surface area contributed by atoms with Crippen LogP contribution in [0.25, 0.3) is 0 Å². The Hall–Kier alpha value is -0.803. The van der Waals surface area contributed by atoms with Crippen LogP contribution in [0, 0.1) is 17.8 Å². The Morgan fingerprint density at radius 1 is 0.903 bits per heavy atom. The first-order valence-electron chi connectivity index (χ1n) is 13.2. The van der Waals surface area contributed by atoms with Crippen LogP contribution in [0.4, 0.5) is 0 Å². The van der Waals surface area contributed by atoms with Crippen LogP contribution in [0.5, 0.6) is 5.75 Å². The highest BCUT2D eigenvalue weighted by atomic mass is 28.3. The predicted octanol–water partition coefficient (Wildman–Crippen LogP) is 7.41. The number of hydrogen-bond acceptors (Lipinski definition) is 2. The van der Waals surface area contributed by atoms with Crippen molar-refractivity contribution in [2.75, 3.05) is 13.9 Å². The molecule has 0 aliphatic heterocycles. The van der Waals surface area contributed by atoms with E-state index in [1.807, 2.05) is 0 Å². The van der Waals surface area contributed by atoms with Gasteiger partial charge in [-0.3, -0.25) is 0 Å². The highest BCUT2D eigenvalue weighted by Crippen LogP contribution is 2.61. The molecule has 174 valence electrons. The third kappa shape index (κ3) is 5.24. The molecule has 1 aromatic rings. The van der Waals surface area contributed by atoms with Crippen molar-refractivity contribution in [3.63, 3.8) is 0 Å². The van der Waals surface area contributed by atoms with E-state index < -0.39 is 8.07 Å². The molecule has 2 nitrogen and oxygen atoms in total. The second-order valence-electron chi connectivity index (χ2n) is 11.9. The lowest BCUT2D eigenvalue weighted by molar-refractivity contribution is -0.00878. The fourth-order valence-corrected chi connectivity index (χ4v) is 10.0. The molecule has 0 atom stereocenters. The van der Waals surface area contributed by atoms with Crippen molar-refractivity contribution in [3.05, 3.63) is 23.8 Å². The monoisotopic (exact) mass is 442 g/mol. The zero-order valence-corrected chi connectivity index (χ0v) is 21.7. The summed E-state index contributed by atoms with van der Waals surface area (Å²) in [5.74, 6) is 3.98. The van der Waals surface area contributed by atoms with Crippen LogP contribution in [0.15, 0.2) is 18.2 Å². The molecule has 1 aromatic carbocycles. The summed E-state index contributed by atoms with van der Waals surface area (Å²) < 4.78 is 11.5. The van der Waals surface area contributed by atoms with Gasteiger partial charge in [0.05, 0.1) is 8.07 Å². The lowest BCUT2D eigenvalue weighted by Crippen LogP contribution is -2.49. The maximum absolute atomic E-state index is 6.17. The second-order valence-corrected chi connectivity index (χ2v) is 16.7. The Labute approximate surface area is 192 Å². The van der Waals surface area contributed by atoms with Gasteiger partial charge in [-0.1, -0.05) is 81.9 Å². The summed E-state index contributed by atoms with van der Waals surface area (Å²) in [7, 11) is 0.297. The molecule has 31 heavy (non-hydrogen) atoms. The Morgan fingerprint density at radius 3 is 2.13 bits per heavy atom. The fourth-order valence-electron chi connectivity index (χ4n) is 7.55. The van der Waals surface area contributed by atoms with Crippen LogP contribution in [-0.2, 0) is 10.2 Å². The maximum Gasteiger partial charge on any atom is 0.188 e. The molecular weight excluding hydrogens is 396 g/mol. The SMILES string of the molecule is CCCCCCCC[Si](C)(C)c1ccc(OCOC)c(C23CC4CC(CC(C4)C2)C3)c1. The summed E-state index contributed by atoms with van der Waals surface area (Å²) >= 11 is 0. The summed E-state index contributed by atoms with van der Waals surface area (Å²) in [5.41, 5.74) is 1.92. The summed E-state index contributed by atoms with van der Waals surface area (Å²) in [6.07, 6.45) is 17.0. The Kier molecular flexibility index (Phi) is 7.53. The van der Waals surface area contributed by atoms with Crippen LogP contribution in [-0.4, -0.2) is 22.0 Å². The summed E-state index contributed by atoms with van der Waals surface area (Å²) in [5, 5.41) is 1.65. The van der Waals surface area contributed by atoms with E-state index in [0.29, 0.717) is 12.2 Å². The molecule has 0 saturated heterocycles. The number of benzene rings is 1. The predicted molar refractivity (Wildman–Crippen MR) is 134 cm³/mol. The van der Waals surface area contributed by atoms with Crippen molar-refractivity contribution in [2.24, 2.45) is 17.8 Å². The van der Waals surface area contributed by atoms with Gasteiger partial charge in [-0.15, -0.1) is 0 Å². The van der Waals surface area contributed by atoms with Gasteiger partial charge in [0.15, 0.2) is 6.79 Å². The van der Waals surface area contributed by atoms with Gasteiger partial charge < -0.3 is 9.47 Å². The molecule has 4 saturated carbocycles. The molecule has 4 bridgehead atoms. The van der Waals surface area contributed by atoms with Crippen LogP contribution >= 0.6 is 0 Å². The third-order valence-corrected chi connectivity index (χ3v) is 12.3. The molecule has 0 amide bonds. The Bertz CT molecular complexity index is 690. The Morgan fingerprint density at radius 2 is 1.52 bits per heavy atom. The lowest BCUT2D eigenvalue weighted by Gasteiger charge is -2.57. The average Bonchev–Trinajstić information content (AvgIpc) is 2.73. The molecule has 0 radical (unpaired) electrons. The van der Waals surface area contributed by atoms with E-state index in [2.05, 4.69) is 38.2 Å². The number of methoxy groups -OCH3 is 1. The summed E-state index contributed by atoms with van der Waals surface area (Å²) in [4.78, 5) is 0. The largest absolute Gasteiger partial charge is 0.467 e. The van der Waals surface area contributed by atoms with Gasteiger partial charge in [0.1, 0.15) is 5.75 Å². The zero-order chi connectivity index (χ0) is 21.9. The van der Waals surface area contributed by atoms with Crippen molar-refractivity contribution >= 4 is 13.3 Å². The van der Waals surface area contributed by atoms with E-state index in [-0.39, 0.29) is 0 Å². The average molecular weight is 443 g/mol. The molecule has 4 aliphatic carbocycles. The fraction of sp³-hybridized carbons (Fsp3) is 0.786. The van der Waals surface area contributed by atoms with Gasteiger partial charge in [-0.05, 0) is 67.8 Å². The van der Waals surface area contributed by atoms with Gasteiger partial charge in [0.2, 0.25) is 0 Å². The number of rotatable bonds is 12. The smallest absolute Gasteiger partial charge is 0.188 e. The van der Waals surface area contributed by atoms with Gasteiger partial charge in [-0.25, -0.2) is 0 Å². The number of hydrogen-bond donors (Lipinski definition) is 0. The highest BCUT2D eigenvalue weighted by molar-refractivity contribution is 6.89. The molecule has 3 heteroatoms. The van der Waals surface area contributed by atoms with Gasteiger partial charge in [0.25, 0.3) is 0 Å². The molecule has 0 N–H and O–H groups in total. The van der Waals surface area contributed by atoms with E-state index in [0.717, 1.165) is 23.5 Å². The van der Waals surface area contributed by atoms with E-state index in [1.165, 1.54) is 83.1 Å². The van der Waals surface area contributed by atoms with E-state index in [1.54, 1.807) is 17.9 Å². The van der Waals surface area contributed by atoms with Crippen LogP contribution in [0.1, 0.15) is 89.5 Å². The first kappa shape index (κ1) is 23.4. The minimum Gasteiger partial charge on any atom is -0.467 e. The molecule has 0 spiro atoms. The summed E-state index contributed by atoms with van der Waals surface area (Å²) in [6.45, 7) is 7.84. The van der Waals surface area contributed by atoms with Crippen LogP contribution in [0.2, 0.25) is 19.1 Å². The van der Waals surface area contributed by atoms with Crippen LogP contribution < -0.4 is 9.92 Å². The molecule has 0 unspecified atom stereocenters. The molecular formula is C28H46O2Si. The second kappa shape index (κ2) is 9.99. The van der Waals surface area contributed by atoms with Gasteiger partial charge in [-0.2, -0.15) is 0 Å². The van der Waals surface area contributed by atoms with E-state index in [9.17, 15) is 0 Å². The van der Waals surface area contributed by atoms with Crippen molar-refractivity contribution < 1.29 is 9.47 Å². The lowest BCUT2D eigenvalue weighted by atomic mass is 9.48. The van der Waals surface area contributed by atoms with Crippen molar-refractivity contribution in [1.29, 1.82) is 0 Å². The first-order chi connectivity index (χ1) is 15.0. The van der Waals surface area contributed by atoms with E-state index >= 15 is 0 Å². The Balaban J connectivity index is 1.54.